The molecule has 0 N–H and O–H groups in total. The summed E-state index contributed by atoms with van der Waals surface area (Å²) < 4.78 is 14.9. The molecule has 1 saturated heterocycles. The monoisotopic (exact) mass is 472 g/mol. The van der Waals surface area contributed by atoms with Gasteiger partial charge >= 0.3 is 0 Å². The lowest BCUT2D eigenvalue weighted by Crippen LogP contribution is -2.49. The van der Waals surface area contributed by atoms with Gasteiger partial charge in [-0.2, -0.15) is 16.6 Å². The number of fused-ring (bicyclic) bond motifs is 1. The topological polar surface area (TPSA) is 69.3 Å². The summed E-state index contributed by atoms with van der Waals surface area (Å²) in [6, 6.07) is 17.5. The number of amides is 1. The molecule has 0 aliphatic carbocycles. The SMILES string of the molecule is N#Cc1c(N2CCN(C(=O)c3ccsc3)CC2)c2ccccc2n(Cc2ccc(F)cc2)c1=O. The van der Waals surface area contributed by atoms with Crippen LogP contribution in [0.25, 0.3) is 10.9 Å². The predicted octanol–water partition coefficient (Wildman–Crippen LogP) is 4.08. The molecule has 0 unspecified atom stereocenters. The average Bonchev–Trinajstić information content (AvgIpc) is 3.41. The summed E-state index contributed by atoms with van der Waals surface area (Å²) in [5.74, 6) is -0.341. The molecule has 2 aromatic carbocycles. The third kappa shape index (κ3) is 3.95. The Hall–Kier alpha value is -3.96. The Balaban J connectivity index is 1.51. The van der Waals surface area contributed by atoms with E-state index in [0.717, 1.165) is 10.9 Å². The Kier molecular flexibility index (Phi) is 5.86. The number of anilines is 1. The zero-order chi connectivity index (χ0) is 23.7. The van der Waals surface area contributed by atoms with E-state index < -0.39 is 0 Å². The van der Waals surface area contributed by atoms with Crippen molar-refractivity contribution in [3.05, 3.63) is 98.2 Å². The molecule has 1 fully saturated rings. The van der Waals surface area contributed by atoms with Crippen molar-refractivity contribution in [1.29, 1.82) is 5.26 Å². The summed E-state index contributed by atoms with van der Waals surface area (Å²) in [7, 11) is 0. The molecular weight excluding hydrogens is 451 g/mol. The smallest absolute Gasteiger partial charge is 0.271 e. The summed E-state index contributed by atoms with van der Waals surface area (Å²) in [6.45, 7) is 2.29. The molecular formula is C26H21FN4O2S. The van der Waals surface area contributed by atoms with E-state index in [4.69, 9.17) is 0 Å². The first-order valence-corrected chi connectivity index (χ1v) is 11.9. The highest BCUT2D eigenvalue weighted by Crippen LogP contribution is 2.30. The van der Waals surface area contributed by atoms with Crippen molar-refractivity contribution >= 4 is 33.8 Å². The molecule has 1 aliphatic rings. The van der Waals surface area contributed by atoms with Crippen molar-refractivity contribution in [2.75, 3.05) is 31.1 Å². The van der Waals surface area contributed by atoms with Crippen LogP contribution in [0.1, 0.15) is 21.5 Å². The Labute approximate surface area is 199 Å². The number of rotatable bonds is 4. The minimum atomic E-state index is -0.377. The lowest BCUT2D eigenvalue weighted by molar-refractivity contribution is 0.0747. The standard InChI is InChI=1S/C26H21FN4O2S/c27-20-7-5-18(6-8-20)16-31-23-4-2-1-3-21(23)24(22(15-28)26(31)33)29-10-12-30(13-11-29)25(32)19-9-14-34-17-19/h1-9,14,17H,10-13,16H2. The number of para-hydroxylation sites is 1. The van der Waals surface area contributed by atoms with Crippen molar-refractivity contribution in [3.8, 4) is 6.07 Å². The lowest BCUT2D eigenvalue weighted by Gasteiger charge is -2.37. The van der Waals surface area contributed by atoms with Gasteiger partial charge in [-0.25, -0.2) is 4.39 Å². The number of nitrogens with zero attached hydrogens (tertiary/aromatic N) is 4. The van der Waals surface area contributed by atoms with E-state index in [1.807, 2.05) is 50.9 Å². The molecule has 8 heteroatoms. The Bertz CT molecular complexity index is 1450. The maximum atomic E-state index is 13.5. The van der Waals surface area contributed by atoms with Crippen LogP contribution in [-0.2, 0) is 6.54 Å². The molecule has 6 nitrogen and oxygen atoms in total. The molecule has 4 aromatic rings. The van der Waals surface area contributed by atoms with Gasteiger partial charge in [0.2, 0.25) is 0 Å². The first-order chi connectivity index (χ1) is 16.6. The Morgan fingerprint density at radius 1 is 1.03 bits per heavy atom. The molecule has 0 saturated carbocycles. The van der Waals surface area contributed by atoms with Crippen LogP contribution < -0.4 is 10.5 Å². The maximum Gasteiger partial charge on any atom is 0.271 e. The zero-order valence-corrected chi connectivity index (χ0v) is 19.1. The fraction of sp³-hybridized carbons (Fsp3) is 0.192. The molecule has 0 spiro atoms. The van der Waals surface area contributed by atoms with E-state index in [-0.39, 0.29) is 29.4 Å². The van der Waals surface area contributed by atoms with Gasteiger partial charge in [0.15, 0.2) is 0 Å². The van der Waals surface area contributed by atoms with Crippen LogP contribution in [0, 0.1) is 17.1 Å². The van der Waals surface area contributed by atoms with Crippen LogP contribution in [0.2, 0.25) is 0 Å². The number of benzene rings is 2. The van der Waals surface area contributed by atoms with Crippen LogP contribution in [0.15, 0.2) is 70.2 Å². The van der Waals surface area contributed by atoms with E-state index >= 15 is 0 Å². The van der Waals surface area contributed by atoms with Gasteiger partial charge in [0.05, 0.1) is 23.3 Å². The molecule has 5 rings (SSSR count). The lowest BCUT2D eigenvalue weighted by atomic mass is 10.1. The highest BCUT2D eigenvalue weighted by atomic mass is 32.1. The molecule has 34 heavy (non-hydrogen) atoms. The second-order valence-electron chi connectivity index (χ2n) is 8.16. The number of thiophene rings is 1. The van der Waals surface area contributed by atoms with Crippen molar-refractivity contribution in [3.63, 3.8) is 0 Å². The Morgan fingerprint density at radius 3 is 2.44 bits per heavy atom. The first kappa shape index (κ1) is 21.9. The largest absolute Gasteiger partial charge is 0.366 e. The quantitative estimate of drug-likeness (QED) is 0.449. The van der Waals surface area contributed by atoms with Gasteiger partial charge < -0.3 is 14.4 Å². The van der Waals surface area contributed by atoms with Crippen molar-refractivity contribution in [2.45, 2.75) is 6.54 Å². The van der Waals surface area contributed by atoms with Gasteiger partial charge in [0, 0.05) is 36.9 Å². The van der Waals surface area contributed by atoms with E-state index in [2.05, 4.69) is 6.07 Å². The minimum absolute atomic E-state index is 0.000907. The van der Waals surface area contributed by atoms with Crippen LogP contribution in [0.5, 0.6) is 0 Å². The highest BCUT2D eigenvalue weighted by molar-refractivity contribution is 7.08. The van der Waals surface area contributed by atoms with E-state index in [1.54, 1.807) is 16.7 Å². The third-order valence-corrected chi connectivity index (χ3v) is 6.85. The third-order valence-electron chi connectivity index (χ3n) is 6.16. The summed E-state index contributed by atoms with van der Waals surface area (Å²) in [5.41, 5.74) is 2.48. The normalized spacial score (nSPS) is 13.8. The summed E-state index contributed by atoms with van der Waals surface area (Å²) in [5, 5.41) is 14.5. The number of carbonyl (C=O) groups excluding carboxylic acids is 1. The number of nitriles is 1. The molecule has 0 radical (unpaired) electrons. The summed E-state index contributed by atoms with van der Waals surface area (Å²) >= 11 is 1.49. The molecule has 1 aliphatic heterocycles. The second kappa shape index (κ2) is 9.12. The van der Waals surface area contributed by atoms with Crippen molar-refractivity contribution < 1.29 is 9.18 Å². The summed E-state index contributed by atoms with van der Waals surface area (Å²) in [4.78, 5) is 30.0. The molecule has 1 amide bonds. The van der Waals surface area contributed by atoms with E-state index in [1.165, 1.54) is 23.5 Å². The van der Waals surface area contributed by atoms with Gasteiger partial charge in [-0.05, 0) is 35.2 Å². The fourth-order valence-electron chi connectivity index (χ4n) is 4.45. The molecule has 0 atom stereocenters. The number of aromatic nitrogens is 1. The molecule has 3 heterocycles. The van der Waals surface area contributed by atoms with Crippen molar-refractivity contribution in [2.24, 2.45) is 0 Å². The number of piperazine rings is 1. The predicted molar refractivity (Wildman–Crippen MR) is 131 cm³/mol. The zero-order valence-electron chi connectivity index (χ0n) is 18.3. The van der Waals surface area contributed by atoms with E-state index in [0.29, 0.717) is 42.9 Å². The number of carbonyl (C=O) groups is 1. The van der Waals surface area contributed by atoms with Crippen LogP contribution in [-0.4, -0.2) is 41.6 Å². The second-order valence-corrected chi connectivity index (χ2v) is 8.94. The highest BCUT2D eigenvalue weighted by Gasteiger charge is 2.27. The maximum absolute atomic E-state index is 13.5. The number of hydrogen-bond acceptors (Lipinski definition) is 5. The van der Waals surface area contributed by atoms with Crippen LogP contribution in [0.4, 0.5) is 10.1 Å². The van der Waals surface area contributed by atoms with Crippen LogP contribution in [0.3, 0.4) is 0 Å². The number of hydrogen-bond donors (Lipinski definition) is 0. The van der Waals surface area contributed by atoms with Gasteiger partial charge in [0.1, 0.15) is 17.4 Å². The molecule has 0 bridgehead atoms. The number of pyridine rings is 1. The Morgan fingerprint density at radius 2 is 1.76 bits per heavy atom. The minimum Gasteiger partial charge on any atom is -0.366 e. The average molecular weight is 473 g/mol. The first-order valence-electron chi connectivity index (χ1n) is 10.9. The number of halogens is 1. The van der Waals surface area contributed by atoms with Crippen molar-refractivity contribution in [1.82, 2.24) is 9.47 Å². The fourth-order valence-corrected chi connectivity index (χ4v) is 5.08. The molecule has 2 aromatic heterocycles. The van der Waals surface area contributed by atoms with Gasteiger partial charge in [-0.1, -0.05) is 30.3 Å². The van der Waals surface area contributed by atoms with E-state index in [9.17, 15) is 19.2 Å². The van der Waals surface area contributed by atoms with Gasteiger partial charge in [-0.15, -0.1) is 0 Å². The van der Waals surface area contributed by atoms with Gasteiger partial charge in [-0.3, -0.25) is 9.59 Å². The van der Waals surface area contributed by atoms with Gasteiger partial charge in [0.25, 0.3) is 11.5 Å². The molecule has 170 valence electrons. The summed E-state index contributed by atoms with van der Waals surface area (Å²) in [6.07, 6.45) is 0. The van der Waals surface area contributed by atoms with Crippen LogP contribution >= 0.6 is 11.3 Å².